The van der Waals surface area contributed by atoms with Crippen LogP contribution in [0.25, 0.3) is 0 Å². The van der Waals surface area contributed by atoms with Crippen molar-refractivity contribution >= 4 is 5.91 Å². The number of carbonyl (C=O) groups is 1. The molecule has 0 saturated carbocycles. The summed E-state index contributed by atoms with van der Waals surface area (Å²) in [6.45, 7) is 2.88. The van der Waals surface area contributed by atoms with Gasteiger partial charge in [-0.2, -0.15) is 0 Å². The number of carbonyl (C=O) groups excluding carboxylic acids is 1. The first-order valence-corrected chi connectivity index (χ1v) is 5.27. The molecule has 0 spiro atoms. The summed E-state index contributed by atoms with van der Waals surface area (Å²) in [5.74, 6) is 0.733. The Morgan fingerprint density at radius 3 is 3.33 bits per heavy atom. The van der Waals surface area contributed by atoms with E-state index in [2.05, 4.69) is 15.0 Å². The molecular formula is C10H13N3O2. The van der Waals surface area contributed by atoms with Gasteiger partial charge in [-0.3, -0.25) is 4.79 Å². The topological polar surface area (TPSA) is 58.4 Å². The maximum Gasteiger partial charge on any atom is 0.259 e. The quantitative estimate of drug-likeness (QED) is 0.710. The first-order chi connectivity index (χ1) is 7.36. The van der Waals surface area contributed by atoms with Gasteiger partial charge < -0.3 is 14.7 Å². The van der Waals surface area contributed by atoms with Crippen molar-refractivity contribution in [1.82, 2.24) is 15.4 Å². The molecule has 0 bridgehead atoms. The average Bonchev–Trinajstić information content (AvgIpc) is 2.72. The lowest BCUT2D eigenvalue weighted by Gasteiger charge is -2.50. The van der Waals surface area contributed by atoms with Gasteiger partial charge in [-0.15, -0.1) is 0 Å². The number of rotatable bonds is 1. The lowest BCUT2D eigenvalue weighted by Crippen LogP contribution is -2.65. The molecule has 1 N–H and O–H groups in total. The van der Waals surface area contributed by atoms with E-state index in [-0.39, 0.29) is 5.91 Å². The predicted molar refractivity (Wildman–Crippen MR) is 52.3 cm³/mol. The number of nitrogens with zero attached hydrogens (tertiary/aromatic N) is 2. The Bertz CT molecular complexity index is 363. The normalized spacial score (nSPS) is 29.5. The van der Waals surface area contributed by atoms with Crippen LogP contribution < -0.4 is 5.32 Å². The molecule has 2 aliphatic heterocycles. The maximum absolute atomic E-state index is 11.9. The molecular weight excluding hydrogens is 194 g/mol. The summed E-state index contributed by atoms with van der Waals surface area (Å²) >= 11 is 0. The van der Waals surface area contributed by atoms with Gasteiger partial charge in [-0.1, -0.05) is 5.16 Å². The lowest BCUT2D eigenvalue weighted by molar-refractivity contribution is 0.00276. The molecule has 1 aromatic rings. The van der Waals surface area contributed by atoms with Crippen LogP contribution in [0.15, 0.2) is 17.0 Å². The first-order valence-electron chi connectivity index (χ1n) is 5.27. The van der Waals surface area contributed by atoms with Gasteiger partial charge in [-0.25, -0.2) is 0 Å². The largest absolute Gasteiger partial charge is 0.364 e. The van der Waals surface area contributed by atoms with E-state index in [0.717, 1.165) is 19.6 Å². The molecule has 2 unspecified atom stereocenters. The van der Waals surface area contributed by atoms with Crippen LogP contribution in [0.4, 0.5) is 0 Å². The van der Waals surface area contributed by atoms with Crippen LogP contribution in [-0.2, 0) is 0 Å². The monoisotopic (exact) mass is 207 g/mol. The van der Waals surface area contributed by atoms with Gasteiger partial charge in [0.15, 0.2) is 0 Å². The van der Waals surface area contributed by atoms with Crippen LogP contribution in [0.2, 0.25) is 0 Å². The van der Waals surface area contributed by atoms with Gasteiger partial charge in [0.1, 0.15) is 6.26 Å². The summed E-state index contributed by atoms with van der Waals surface area (Å²) in [7, 11) is 0. The predicted octanol–water partition coefficient (Wildman–Crippen LogP) is 0.108. The zero-order valence-electron chi connectivity index (χ0n) is 8.35. The van der Waals surface area contributed by atoms with Crippen molar-refractivity contribution in [3.8, 4) is 0 Å². The van der Waals surface area contributed by atoms with Crippen molar-refractivity contribution in [2.24, 2.45) is 5.92 Å². The zero-order valence-corrected chi connectivity index (χ0v) is 8.35. The highest BCUT2D eigenvalue weighted by atomic mass is 16.5. The summed E-state index contributed by atoms with van der Waals surface area (Å²) in [6, 6.07) is 0.376. The molecule has 1 amide bonds. The Morgan fingerprint density at radius 2 is 2.60 bits per heavy atom. The minimum Gasteiger partial charge on any atom is -0.364 e. The van der Waals surface area contributed by atoms with E-state index in [1.807, 2.05) is 4.90 Å². The van der Waals surface area contributed by atoms with Gasteiger partial charge in [-0.05, 0) is 18.9 Å². The van der Waals surface area contributed by atoms with Crippen molar-refractivity contribution in [2.75, 3.05) is 19.6 Å². The molecule has 2 aliphatic rings. The zero-order chi connectivity index (χ0) is 10.3. The Morgan fingerprint density at radius 1 is 1.67 bits per heavy atom. The van der Waals surface area contributed by atoms with Crippen LogP contribution in [-0.4, -0.2) is 41.6 Å². The minimum atomic E-state index is 0.0428. The molecule has 2 fully saturated rings. The summed E-state index contributed by atoms with van der Waals surface area (Å²) in [5, 5.41) is 6.86. The highest BCUT2D eigenvalue weighted by Gasteiger charge is 2.43. The first kappa shape index (κ1) is 8.91. The van der Waals surface area contributed by atoms with Crippen molar-refractivity contribution in [1.29, 1.82) is 0 Å². The number of aromatic nitrogens is 1. The number of fused-ring (bicyclic) bond motifs is 1. The van der Waals surface area contributed by atoms with Crippen LogP contribution in [0.5, 0.6) is 0 Å². The highest BCUT2D eigenvalue weighted by Crippen LogP contribution is 2.30. The Kier molecular flexibility index (Phi) is 1.98. The summed E-state index contributed by atoms with van der Waals surface area (Å²) in [5.41, 5.74) is 0.555. The third kappa shape index (κ3) is 1.34. The van der Waals surface area contributed by atoms with E-state index in [1.165, 1.54) is 18.9 Å². The lowest BCUT2D eigenvalue weighted by atomic mass is 9.83. The van der Waals surface area contributed by atoms with Crippen LogP contribution in [0.1, 0.15) is 16.8 Å². The molecule has 15 heavy (non-hydrogen) atoms. The smallest absolute Gasteiger partial charge is 0.259 e. The third-order valence-electron chi connectivity index (χ3n) is 3.36. The van der Waals surface area contributed by atoms with Crippen molar-refractivity contribution < 1.29 is 9.32 Å². The molecule has 0 radical (unpaired) electrons. The molecule has 3 heterocycles. The van der Waals surface area contributed by atoms with Crippen LogP contribution in [0, 0.1) is 5.92 Å². The van der Waals surface area contributed by atoms with Gasteiger partial charge in [0, 0.05) is 19.1 Å². The van der Waals surface area contributed by atoms with E-state index in [9.17, 15) is 4.79 Å². The minimum absolute atomic E-state index is 0.0428. The van der Waals surface area contributed by atoms with Gasteiger partial charge >= 0.3 is 0 Å². The van der Waals surface area contributed by atoms with Gasteiger partial charge in [0.05, 0.1) is 11.8 Å². The van der Waals surface area contributed by atoms with Crippen molar-refractivity contribution in [2.45, 2.75) is 12.5 Å². The second kappa shape index (κ2) is 3.34. The molecule has 5 nitrogen and oxygen atoms in total. The molecule has 3 rings (SSSR count). The van der Waals surface area contributed by atoms with E-state index in [0.29, 0.717) is 17.5 Å². The van der Waals surface area contributed by atoms with Gasteiger partial charge in [0.2, 0.25) is 0 Å². The molecule has 2 saturated heterocycles. The second-order valence-corrected chi connectivity index (χ2v) is 4.19. The summed E-state index contributed by atoms with van der Waals surface area (Å²) in [6.07, 6.45) is 4.07. The van der Waals surface area contributed by atoms with E-state index in [1.54, 1.807) is 0 Å². The molecule has 2 atom stereocenters. The fourth-order valence-electron chi connectivity index (χ4n) is 2.43. The average molecular weight is 207 g/mol. The van der Waals surface area contributed by atoms with Crippen LogP contribution >= 0.6 is 0 Å². The Balaban J connectivity index is 1.72. The third-order valence-corrected chi connectivity index (χ3v) is 3.36. The summed E-state index contributed by atoms with van der Waals surface area (Å²) in [4.78, 5) is 13.8. The van der Waals surface area contributed by atoms with Crippen molar-refractivity contribution in [3.63, 3.8) is 0 Å². The number of nitrogens with one attached hydrogen (secondary N) is 1. The van der Waals surface area contributed by atoms with E-state index < -0.39 is 0 Å². The fourth-order valence-corrected chi connectivity index (χ4v) is 2.43. The molecule has 80 valence electrons. The fraction of sp³-hybridized carbons (Fsp3) is 0.600. The number of likely N-dealkylation sites (tertiary alicyclic amines) is 1. The second-order valence-electron chi connectivity index (χ2n) is 4.19. The SMILES string of the molecule is O=C(c1cnoc1)N1CC2CCNCC21. The van der Waals surface area contributed by atoms with Crippen LogP contribution in [0.3, 0.4) is 0 Å². The van der Waals surface area contributed by atoms with Crippen molar-refractivity contribution in [3.05, 3.63) is 18.0 Å². The van der Waals surface area contributed by atoms with Gasteiger partial charge in [0.25, 0.3) is 5.91 Å². The van der Waals surface area contributed by atoms with E-state index >= 15 is 0 Å². The number of piperidine rings is 1. The molecule has 0 aromatic carbocycles. The number of hydrogen-bond donors (Lipinski definition) is 1. The molecule has 1 aromatic heterocycles. The number of hydrogen-bond acceptors (Lipinski definition) is 4. The Hall–Kier alpha value is -1.36. The number of amides is 1. The molecule has 0 aliphatic carbocycles. The standard InChI is InChI=1S/C10H13N3O2/c14-10(8-3-12-15-6-8)13-5-7-1-2-11-4-9(7)13/h3,6-7,9,11H,1-2,4-5H2. The molecule has 5 heteroatoms. The van der Waals surface area contributed by atoms with E-state index in [4.69, 9.17) is 0 Å². The highest BCUT2D eigenvalue weighted by molar-refractivity contribution is 5.94. The summed E-state index contributed by atoms with van der Waals surface area (Å²) < 4.78 is 4.68. The Labute approximate surface area is 87.4 Å². The maximum atomic E-state index is 11.9.